The zero-order valence-corrected chi connectivity index (χ0v) is 9.48. The summed E-state index contributed by atoms with van der Waals surface area (Å²) in [5.74, 6) is -0.270. The van der Waals surface area contributed by atoms with Crippen molar-refractivity contribution in [2.24, 2.45) is 0 Å². The monoisotopic (exact) mass is 219 g/mol. The van der Waals surface area contributed by atoms with E-state index in [0.717, 1.165) is 5.56 Å². The number of carbonyl (C=O) groups is 1. The fourth-order valence-corrected chi connectivity index (χ4v) is 1.41. The molecule has 0 saturated heterocycles. The highest BCUT2D eigenvalue weighted by Crippen LogP contribution is 2.13. The summed E-state index contributed by atoms with van der Waals surface area (Å²) in [6.45, 7) is 6.42. The summed E-state index contributed by atoms with van der Waals surface area (Å²) in [7, 11) is 0. The van der Waals surface area contributed by atoms with Gasteiger partial charge >= 0.3 is 5.97 Å². The molecule has 1 atom stereocenters. The molecule has 0 heterocycles. The van der Waals surface area contributed by atoms with Gasteiger partial charge in [-0.1, -0.05) is 49.9 Å². The number of ether oxygens (including phenoxy) is 1. The van der Waals surface area contributed by atoms with Crippen molar-refractivity contribution in [2.45, 2.75) is 13.0 Å². The van der Waals surface area contributed by atoms with Gasteiger partial charge in [-0.2, -0.15) is 0 Å². The highest BCUT2D eigenvalue weighted by atomic mass is 16.5. The Labute approximate surface area is 96.1 Å². The van der Waals surface area contributed by atoms with Crippen LogP contribution in [0, 0.1) is 0 Å². The molecule has 0 amide bonds. The van der Waals surface area contributed by atoms with Crippen molar-refractivity contribution < 1.29 is 9.53 Å². The van der Waals surface area contributed by atoms with E-state index in [0.29, 0.717) is 6.54 Å². The van der Waals surface area contributed by atoms with Crippen LogP contribution in [0.2, 0.25) is 0 Å². The Kier molecular flexibility index (Phi) is 5.29. The maximum absolute atomic E-state index is 11.8. The normalized spacial score (nSPS) is 11.8. The summed E-state index contributed by atoms with van der Waals surface area (Å²) in [5, 5.41) is 3.10. The predicted octanol–water partition coefficient (Wildman–Crippen LogP) is 2.07. The molecule has 0 aromatic heterocycles. The highest BCUT2D eigenvalue weighted by molar-refractivity contribution is 5.77. The minimum atomic E-state index is -0.397. The molecule has 86 valence electrons. The number of hydrogen-bond acceptors (Lipinski definition) is 3. The summed E-state index contributed by atoms with van der Waals surface area (Å²) >= 11 is 0. The van der Waals surface area contributed by atoms with Crippen LogP contribution in [0.25, 0.3) is 0 Å². The lowest BCUT2D eigenvalue weighted by Gasteiger charge is -2.16. The lowest BCUT2D eigenvalue weighted by Crippen LogP contribution is -2.30. The van der Waals surface area contributed by atoms with E-state index in [1.54, 1.807) is 6.08 Å². The quantitative estimate of drug-likeness (QED) is 0.588. The first-order valence-electron chi connectivity index (χ1n) is 5.35. The van der Waals surface area contributed by atoms with E-state index in [-0.39, 0.29) is 12.6 Å². The molecule has 1 aromatic rings. The van der Waals surface area contributed by atoms with E-state index in [1.807, 2.05) is 37.3 Å². The second-order valence-corrected chi connectivity index (χ2v) is 3.32. The second-order valence-electron chi connectivity index (χ2n) is 3.32. The van der Waals surface area contributed by atoms with Crippen molar-refractivity contribution in [1.29, 1.82) is 0 Å². The number of hydrogen-bond donors (Lipinski definition) is 1. The van der Waals surface area contributed by atoms with Crippen LogP contribution in [0.5, 0.6) is 0 Å². The molecule has 1 rings (SSSR count). The third-order valence-corrected chi connectivity index (χ3v) is 2.12. The van der Waals surface area contributed by atoms with Crippen LogP contribution in [-0.4, -0.2) is 19.1 Å². The standard InChI is InChI=1S/C13H17NO2/c1-3-10-16-13(15)12(14-4-2)11-8-6-5-7-9-11/h3,5-9,12,14H,1,4,10H2,2H3. The van der Waals surface area contributed by atoms with E-state index in [2.05, 4.69) is 11.9 Å². The summed E-state index contributed by atoms with van der Waals surface area (Å²) in [6.07, 6.45) is 1.56. The molecule has 0 aliphatic heterocycles. The third kappa shape index (κ3) is 3.51. The van der Waals surface area contributed by atoms with Crippen molar-refractivity contribution in [3.05, 3.63) is 48.6 Å². The molecule has 0 bridgehead atoms. The van der Waals surface area contributed by atoms with Gasteiger partial charge in [-0.25, -0.2) is 4.79 Å². The van der Waals surface area contributed by atoms with Gasteiger partial charge in [0.05, 0.1) is 0 Å². The van der Waals surface area contributed by atoms with Gasteiger partial charge in [0.25, 0.3) is 0 Å². The van der Waals surface area contributed by atoms with Crippen LogP contribution in [0.4, 0.5) is 0 Å². The first kappa shape index (κ1) is 12.5. The molecule has 3 nitrogen and oxygen atoms in total. The summed E-state index contributed by atoms with van der Waals surface area (Å²) in [5.41, 5.74) is 0.915. The van der Waals surface area contributed by atoms with Gasteiger partial charge in [0.15, 0.2) is 0 Å². The number of benzene rings is 1. The highest BCUT2D eigenvalue weighted by Gasteiger charge is 2.20. The molecule has 0 aliphatic rings. The largest absolute Gasteiger partial charge is 0.460 e. The first-order chi connectivity index (χ1) is 7.79. The van der Waals surface area contributed by atoms with Gasteiger partial charge in [0, 0.05) is 0 Å². The molecule has 0 radical (unpaired) electrons. The van der Waals surface area contributed by atoms with Gasteiger partial charge in [-0.05, 0) is 12.1 Å². The van der Waals surface area contributed by atoms with Crippen LogP contribution in [-0.2, 0) is 9.53 Å². The summed E-state index contributed by atoms with van der Waals surface area (Å²) in [4.78, 5) is 11.8. The van der Waals surface area contributed by atoms with Gasteiger partial charge in [0.1, 0.15) is 12.6 Å². The summed E-state index contributed by atoms with van der Waals surface area (Å²) in [6, 6.07) is 9.14. The Bertz CT molecular complexity index is 335. The van der Waals surface area contributed by atoms with Crippen molar-refractivity contribution in [3.8, 4) is 0 Å². The smallest absolute Gasteiger partial charge is 0.328 e. The van der Waals surface area contributed by atoms with Gasteiger partial charge in [0.2, 0.25) is 0 Å². The number of carbonyl (C=O) groups excluding carboxylic acids is 1. The molecule has 16 heavy (non-hydrogen) atoms. The molecule has 1 aromatic carbocycles. The zero-order valence-electron chi connectivity index (χ0n) is 9.48. The van der Waals surface area contributed by atoms with E-state index >= 15 is 0 Å². The van der Waals surface area contributed by atoms with Crippen LogP contribution in [0.15, 0.2) is 43.0 Å². The minimum absolute atomic E-state index is 0.244. The molecule has 0 saturated carbocycles. The van der Waals surface area contributed by atoms with Crippen molar-refractivity contribution in [1.82, 2.24) is 5.32 Å². The van der Waals surface area contributed by atoms with E-state index in [4.69, 9.17) is 4.74 Å². The number of rotatable bonds is 6. The van der Waals surface area contributed by atoms with E-state index in [1.165, 1.54) is 0 Å². The molecule has 0 spiro atoms. The van der Waals surface area contributed by atoms with E-state index in [9.17, 15) is 4.79 Å². The fraction of sp³-hybridized carbons (Fsp3) is 0.308. The average Bonchev–Trinajstić information content (AvgIpc) is 2.34. The Balaban J connectivity index is 2.74. The SMILES string of the molecule is C=CCOC(=O)C(NCC)c1ccccc1. The molecular formula is C13H17NO2. The van der Waals surface area contributed by atoms with Crippen molar-refractivity contribution in [3.63, 3.8) is 0 Å². The lowest BCUT2D eigenvalue weighted by molar-refractivity contribution is -0.145. The topological polar surface area (TPSA) is 38.3 Å². The molecule has 0 fully saturated rings. The van der Waals surface area contributed by atoms with Gasteiger partial charge in [-0.3, -0.25) is 0 Å². The molecule has 1 N–H and O–H groups in total. The minimum Gasteiger partial charge on any atom is -0.460 e. The Morgan fingerprint density at radius 2 is 2.19 bits per heavy atom. The number of nitrogens with one attached hydrogen (secondary N) is 1. The van der Waals surface area contributed by atoms with Crippen molar-refractivity contribution in [2.75, 3.05) is 13.2 Å². The van der Waals surface area contributed by atoms with Crippen LogP contribution >= 0.6 is 0 Å². The molecule has 1 unspecified atom stereocenters. The van der Waals surface area contributed by atoms with Gasteiger partial charge < -0.3 is 10.1 Å². The number of likely N-dealkylation sites (N-methyl/N-ethyl adjacent to an activating group) is 1. The predicted molar refractivity (Wildman–Crippen MR) is 64.0 cm³/mol. The maximum atomic E-state index is 11.8. The molecular weight excluding hydrogens is 202 g/mol. The fourth-order valence-electron chi connectivity index (χ4n) is 1.41. The third-order valence-electron chi connectivity index (χ3n) is 2.12. The maximum Gasteiger partial charge on any atom is 0.328 e. The van der Waals surface area contributed by atoms with E-state index < -0.39 is 6.04 Å². The Morgan fingerprint density at radius 3 is 2.75 bits per heavy atom. The van der Waals surface area contributed by atoms with Crippen molar-refractivity contribution >= 4 is 5.97 Å². The van der Waals surface area contributed by atoms with Gasteiger partial charge in [-0.15, -0.1) is 0 Å². The Morgan fingerprint density at radius 1 is 1.50 bits per heavy atom. The molecule has 3 heteroatoms. The second kappa shape index (κ2) is 6.80. The van der Waals surface area contributed by atoms with Crippen LogP contribution < -0.4 is 5.32 Å². The summed E-state index contributed by atoms with van der Waals surface area (Å²) < 4.78 is 5.04. The van der Waals surface area contributed by atoms with Crippen LogP contribution in [0.3, 0.4) is 0 Å². The number of esters is 1. The lowest BCUT2D eigenvalue weighted by atomic mass is 10.1. The van der Waals surface area contributed by atoms with Crippen LogP contribution in [0.1, 0.15) is 18.5 Å². The molecule has 0 aliphatic carbocycles. The zero-order chi connectivity index (χ0) is 11.8. The Hall–Kier alpha value is -1.61. The first-order valence-corrected chi connectivity index (χ1v) is 5.35. The average molecular weight is 219 g/mol.